The summed E-state index contributed by atoms with van der Waals surface area (Å²) in [6, 6.07) is 20.8. The van der Waals surface area contributed by atoms with E-state index < -0.39 is 5.41 Å². The fourth-order valence-corrected chi connectivity index (χ4v) is 6.87. The van der Waals surface area contributed by atoms with E-state index in [1.807, 2.05) is 36.4 Å². The van der Waals surface area contributed by atoms with Crippen LogP contribution in [0.15, 0.2) is 73.1 Å². The molecule has 5 rings (SSSR count). The van der Waals surface area contributed by atoms with Crippen molar-refractivity contribution < 1.29 is 9.36 Å². The molecule has 2 unspecified atom stereocenters. The van der Waals surface area contributed by atoms with Crippen molar-refractivity contribution in [1.29, 1.82) is 0 Å². The zero-order valence-corrected chi connectivity index (χ0v) is 20.4. The Morgan fingerprint density at radius 3 is 2.15 bits per heavy atom. The van der Waals surface area contributed by atoms with E-state index in [0.29, 0.717) is 6.04 Å². The van der Waals surface area contributed by atoms with Crippen molar-refractivity contribution in [2.45, 2.75) is 76.3 Å². The number of carbonyl (C=O) groups is 1. The summed E-state index contributed by atoms with van der Waals surface area (Å²) >= 11 is 0. The Morgan fingerprint density at radius 1 is 0.941 bits per heavy atom. The first kappa shape index (κ1) is 22.9. The molecule has 4 heteroatoms. The highest BCUT2D eigenvalue weighted by molar-refractivity contribution is 5.91. The van der Waals surface area contributed by atoms with Crippen LogP contribution in [0.1, 0.15) is 74.4 Å². The Hall–Kier alpha value is -2.88. The predicted octanol–water partition coefficient (Wildman–Crippen LogP) is 5.48. The second-order valence-corrected chi connectivity index (χ2v) is 10.5. The van der Waals surface area contributed by atoms with Crippen LogP contribution in [0.25, 0.3) is 0 Å². The monoisotopic (exact) mass is 456 g/mol. The summed E-state index contributed by atoms with van der Waals surface area (Å²) in [7, 11) is 0. The van der Waals surface area contributed by atoms with Gasteiger partial charge in [-0.3, -0.25) is 4.79 Å². The minimum absolute atomic E-state index is 0.161. The average molecular weight is 457 g/mol. The molecule has 0 bridgehead atoms. The molecule has 1 heterocycles. The number of rotatable bonds is 7. The number of nitrogens with zero attached hydrogens (tertiary/aromatic N) is 2. The van der Waals surface area contributed by atoms with Crippen LogP contribution >= 0.6 is 0 Å². The second kappa shape index (κ2) is 9.77. The number of hydrogen-bond donors (Lipinski definition) is 1. The Morgan fingerprint density at radius 2 is 1.56 bits per heavy atom. The van der Waals surface area contributed by atoms with Crippen molar-refractivity contribution in [3.63, 3.8) is 0 Å². The number of imidazole rings is 1. The van der Waals surface area contributed by atoms with E-state index in [0.717, 1.165) is 42.9 Å². The Bertz CT molecular complexity index is 1060. The van der Waals surface area contributed by atoms with Crippen molar-refractivity contribution in [3.05, 3.63) is 90.0 Å². The van der Waals surface area contributed by atoms with Gasteiger partial charge < -0.3 is 5.73 Å². The summed E-state index contributed by atoms with van der Waals surface area (Å²) in [6.45, 7) is 3.39. The first-order chi connectivity index (χ1) is 16.6. The predicted molar refractivity (Wildman–Crippen MR) is 135 cm³/mol. The summed E-state index contributed by atoms with van der Waals surface area (Å²) in [6.07, 6.45) is 14.4. The molecule has 2 fully saturated rings. The molecule has 2 atom stereocenters. The van der Waals surface area contributed by atoms with Crippen LogP contribution in [0.2, 0.25) is 0 Å². The van der Waals surface area contributed by atoms with Crippen molar-refractivity contribution in [3.8, 4) is 0 Å². The standard InChI is InChI=1S/C30H37N3O/c1-23-32(22-24-11-5-2-6-12-24)19-20-33(23)28-18-17-27(21-28)30(29(31)34,25-13-7-3-8-14-25)26-15-9-4-10-16-26/h3-4,7-10,13-16,19-20,24,27-28H,2,5-6,11-12,17-18,21-22H2,1H3,(H-,31,34)/p+1. The third-order valence-electron chi connectivity index (χ3n) is 8.63. The van der Waals surface area contributed by atoms with Crippen molar-refractivity contribution >= 4 is 5.91 Å². The van der Waals surface area contributed by atoms with Crippen LogP contribution in [0.5, 0.6) is 0 Å². The van der Waals surface area contributed by atoms with E-state index in [2.05, 4.69) is 52.7 Å². The summed E-state index contributed by atoms with van der Waals surface area (Å²) in [4.78, 5) is 13.4. The van der Waals surface area contributed by atoms with Gasteiger partial charge in [-0.25, -0.2) is 9.13 Å². The van der Waals surface area contributed by atoms with Gasteiger partial charge in [0.25, 0.3) is 5.82 Å². The Kier molecular flexibility index (Phi) is 6.58. The van der Waals surface area contributed by atoms with Gasteiger partial charge in [-0.15, -0.1) is 0 Å². The molecule has 0 aliphatic heterocycles. The molecule has 1 aromatic heterocycles. The van der Waals surface area contributed by atoms with Gasteiger partial charge >= 0.3 is 0 Å². The van der Waals surface area contributed by atoms with E-state index in [1.54, 1.807) is 0 Å². The van der Waals surface area contributed by atoms with Gasteiger partial charge in [0.15, 0.2) is 0 Å². The summed E-state index contributed by atoms with van der Waals surface area (Å²) < 4.78 is 4.92. The second-order valence-electron chi connectivity index (χ2n) is 10.5. The average Bonchev–Trinajstić information content (AvgIpc) is 3.49. The molecule has 3 aromatic rings. The molecule has 2 aliphatic carbocycles. The molecular weight excluding hydrogens is 418 g/mol. The van der Waals surface area contributed by atoms with E-state index >= 15 is 0 Å². The lowest BCUT2D eigenvalue weighted by atomic mass is 9.64. The maximum absolute atomic E-state index is 13.4. The molecule has 0 radical (unpaired) electrons. The van der Waals surface area contributed by atoms with Gasteiger partial charge in [-0.2, -0.15) is 0 Å². The number of amides is 1. The van der Waals surface area contributed by atoms with Gasteiger partial charge in [0, 0.05) is 6.92 Å². The third kappa shape index (κ3) is 4.08. The molecule has 4 nitrogen and oxygen atoms in total. The normalized spacial score (nSPS) is 21.6. The van der Waals surface area contributed by atoms with Crippen LogP contribution < -0.4 is 10.3 Å². The summed E-state index contributed by atoms with van der Waals surface area (Å²) in [5, 5.41) is 0. The highest BCUT2D eigenvalue weighted by Crippen LogP contribution is 2.50. The van der Waals surface area contributed by atoms with E-state index in [-0.39, 0.29) is 11.8 Å². The highest BCUT2D eigenvalue weighted by Gasteiger charge is 2.51. The zero-order valence-electron chi connectivity index (χ0n) is 20.4. The van der Waals surface area contributed by atoms with Crippen molar-refractivity contribution in [2.75, 3.05) is 0 Å². The molecule has 2 aromatic carbocycles. The fraction of sp³-hybridized carbons (Fsp3) is 0.467. The van der Waals surface area contributed by atoms with Crippen molar-refractivity contribution in [2.24, 2.45) is 17.6 Å². The molecule has 178 valence electrons. The smallest absolute Gasteiger partial charge is 0.253 e. The van der Waals surface area contributed by atoms with E-state index in [4.69, 9.17) is 5.73 Å². The van der Waals surface area contributed by atoms with E-state index in [9.17, 15) is 4.79 Å². The molecule has 2 saturated carbocycles. The number of nitrogens with two attached hydrogens (primary N) is 1. The first-order valence-corrected chi connectivity index (χ1v) is 13.1. The maximum atomic E-state index is 13.4. The number of benzene rings is 2. The van der Waals surface area contributed by atoms with Crippen LogP contribution in [-0.2, 0) is 16.8 Å². The van der Waals surface area contributed by atoms with E-state index in [1.165, 1.54) is 37.9 Å². The lowest BCUT2D eigenvalue weighted by molar-refractivity contribution is -0.709. The molecule has 1 amide bonds. The first-order valence-electron chi connectivity index (χ1n) is 13.1. The van der Waals surface area contributed by atoms with Crippen LogP contribution in [0.3, 0.4) is 0 Å². The number of carbonyl (C=O) groups excluding carboxylic acids is 1. The molecule has 34 heavy (non-hydrogen) atoms. The topological polar surface area (TPSA) is 51.9 Å². The minimum Gasteiger partial charge on any atom is -0.369 e. The number of hydrogen-bond acceptors (Lipinski definition) is 1. The van der Waals surface area contributed by atoms with Gasteiger partial charge in [0.2, 0.25) is 5.91 Å². The zero-order chi connectivity index (χ0) is 23.5. The Labute approximate surface area is 203 Å². The molecule has 2 N–H and O–H groups in total. The number of primary amides is 1. The van der Waals surface area contributed by atoms with Gasteiger partial charge in [0.05, 0.1) is 6.54 Å². The van der Waals surface area contributed by atoms with Gasteiger partial charge in [-0.1, -0.05) is 79.9 Å². The maximum Gasteiger partial charge on any atom is 0.253 e. The number of aromatic nitrogens is 2. The largest absolute Gasteiger partial charge is 0.369 e. The lowest BCUT2D eigenvalue weighted by Crippen LogP contribution is -2.47. The lowest BCUT2D eigenvalue weighted by Gasteiger charge is -2.37. The SMILES string of the molecule is Cc1n(C2CCC(C(C(N)=O)(c3ccccc3)c3ccccc3)C2)cc[n+]1CC1CCCCC1. The molecule has 0 saturated heterocycles. The van der Waals surface area contributed by atoms with Crippen LogP contribution in [-0.4, -0.2) is 10.5 Å². The summed E-state index contributed by atoms with van der Waals surface area (Å²) in [5.41, 5.74) is 7.50. The molecule has 2 aliphatic rings. The summed E-state index contributed by atoms with van der Waals surface area (Å²) in [5.74, 6) is 2.06. The minimum atomic E-state index is -0.809. The third-order valence-corrected chi connectivity index (χ3v) is 8.63. The Balaban J connectivity index is 1.45. The van der Waals surface area contributed by atoms with Crippen LogP contribution in [0, 0.1) is 18.8 Å². The molecular formula is C30H38N3O+. The van der Waals surface area contributed by atoms with Crippen LogP contribution in [0.4, 0.5) is 0 Å². The fourth-order valence-electron chi connectivity index (χ4n) is 6.87. The quantitative estimate of drug-likeness (QED) is 0.471. The van der Waals surface area contributed by atoms with Gasteiger partial charge in [-0.05, 0) is 55.1 Å². The molecule has 0 spiro atoms. The van der Waals surface area contributed by atoms with Gasteiger partial charge in [0.1, 0.15) is 23.9 Å². The van der Waals surface area contributed by atoms with Crippen molar-refractivity contribution in [1.82, 2.24) is 4.57 Å². The highest BCUT2D eigenvalue weighted by atomic mass is 16.1.